The highest BCUT2D eigenvalue weighted by Crippen LogP contribution is 2.24. The lowest BCUT2D eigenvalue weighted by Crippen LogP contribution is -2.18. The second-order valence-corrected chi connectivity index (χ2v) is 4.18. The number of carboxylic acid groups (broad SMARTS) is 1. The maximum atomic E-state index is 11.1. The molecule has 0 aliphatic carbocycles. The van der Waals surface area contributed by atoms with Crippen LogP contribution in [0, 0.1) is 0 Å². The molecule has 0 aliphatic heterocycles. The van der Waals surface area contributed by atoms with Gasteiger partial charge in [0.25, 0.3) is 0 Å². The van der Waals surface area contributed by atoms with Crippen LogP contribution in [0.1, 0.15) is 31.2 Å². The second kappa shape index (κ2) is 5.87. The number of aliphatic hydroxyl groups excluding tert-OH is 1. The average Bonchev–Trinajstić information content (AvgIpc) is 2.26. The molecule has 0 radical (unpaired) electrons. The van der Waals surface area contributed by atoms with Gasteiger partial charge in [-0.15, -0.1) is 0 Å². The third-order valence-electron chi connectivity index (χ3n) is 2.55. The van der Waals surface area contributed by atoms with Gasteiger partial charge in [-0.05, 0) is 30.5 Å². The van der Waals surface area contributed by atoms with Crippen LogP contribution in [0.3, 0.4) is 0 Å². The van der Waals surface area contributed by atoms with E-state index in [1.807, 2.05) is 6.92 Å². The van der Waals surface area contributed by atoms with Crippen LogP contribution in [0.15, 0.2) is 24.3 Å². The van der Waals surface area contributed by atoms with E-state index in [4.69, 9.17) is 16.7 Å². The van der Waals surface area contributed by atoms with Crippen molar-refractivity contribution in [3.63, 3.8) is 0 Å². The molecule has 2 N–H and O–H groups in total. The molecule has 0 aliphatic rings. The Morgan fingerprint density at radius 2 is 1.94 bits per heavy atom. The average molecular weight is 243 g/mol. The molecule has 0 bridgehead atoms. The Hall–Kier alpha value is -1.06. The van der Waals surface area contributed by atoms with Gasteiger partial charge in [0.05, 0.1) is 12.0 Å². The zero-order valence-corrected chi connectivity index (χ0v) is 9.81. The monoisotopic (exact) mass is 242 g/mol. The highest BCUT2D eigenvalue weighted by Gasteiger charge is 2.22. The van der Waals surface area contributed by atoms with Crippen molar-refractivity contribution in [2.24, 2.45) is 0 Å². The van der Waals surface area contributed by atoms with E-state index in [-0.39, 0.29) is 6.42 Å². The molecule has 0 heterocycles. The number of halogens is 1. The molecule has 0 fully saturated rings. The highest BCUT2D eigenvalue weighted by atomic mass is 35.5. The summed E-state index contributed by atoms with van der Waals surface area (Å²) in [5, 5.41) is 19.2. The van der Waals surface area contributed by atoms with Gasteiger partial charge in [-0.3, -0.25) is 4.79 Å². The topological polar surface area (TPSA) is 57.5 Å². The van der Waals surface area contributed by atoms with Crippen molar-refractivity contribution >= 4 is 17.6 Å². The van der Waals surface area contributed by atoms with E-state index in [9.17, 15) is 9.90 Å². The minimum atomic E-state index is -0.921. The van der Waals surface area contributed by atoms with Gasteiger partial charge in [-0.1, -0.05) is 30.7 Å². The van der Waals surface area contributed by atoms with Crippen molar-refractivity contribution in [2.45, 2.75) is 31.8 Å². The minimum Gasteiger partial charge on any atom is -0.481 e. The van der Waals surface area contributed by atoms with Crippen LogP contribution in [0.5, 0.6) is 0 Å². The van der Waals surface area contributed by atoms with Gasteiger partial charge in [0.2, 0.25) is 0 Å². The zero-order valence-electron chi connectivity index (χ0n) is 9.06. The summed E-state index contributed by atoms with van der Waals surface area (Å²) in [5.41, 5.74) is 0.671. The summed E-state index contributed by atoms with van der Waals surface area (Å²) in [4.78, 5) is 11.1. The fraction of sp³-hybridized carbons (Fsp3) is 0.417. The van der Waals surface area contributed by atoms with Crippen LogP contribution in [0.25, 0.3) is 0 Å². The van der Waals surface area contributed by atoms with Crippen molar-refractivity contribution in [2.75, 3.05) is 0 Å². The molecule has 88 valence electrons. The summed E-state index contributed by atoms with van der Waals surface area (Å²) in [6.45, 7) is 1.82. The van der Waals surface area contributed by atoms with Gasteiger partial charge in [-0.2, -0.15) is 0 Å². The Labute approximate surface area is 99.7 Å². The molecule has 0 saturated carbocycles. The van der Waals surface area contributed by atoms with E-state index < -0.39 is 18.0 Å². The van der Waals surface area contributed by atoms with Crippen LogP contribution in [0.2, 0.25) is 5.02 Å². The Kier molecular flexibility index (Phi) is 4.77. The summed E-state index contributed by atoms with van der Waals surface area (Å²) in [6.07, 6.45) is 0.196. The van der Waals surface area contributed by atoms with Gasteiger partial charge in [0, 0.05) is 5.02 Å². The molecule has 0 spiro atoms. The maximum Gasteiger partial charge on any atom is 0.311 e. The number of carbonyl (C=O) groups is 1. The first kappa shape index (κ1) is 13.0. The van der Waals surface area contributed by atoms with Crippen LogP contribution < -0.4 is 0 Å². The van der Waals surface area contributed by atoms with E-state index in [1.165, 1.54) is 0 Å². The molecule has 0 aromatic heterocycles. The zero-order chi connectivity index (χ0) is 12.1. The van der Waals surface area contributed by atoms with Crippen LogP contribution in [0.4, 0.5) is 0 Å². The first-order valence-electron chi connectivity index (χ1n) is 5.21. The second-order valence-electron chi connectivity index (χ2n) is 3.74. The van der Waals surface area contributed by atoms with Crippen molar-refractivity contribution in [1.29, 1.82) is 0 Å². The SMILES string of the molecule is CCC(O)CC(C(=O)O)c1ccc(Cl)cc1. The number of hydrogen-bond donors (Lipinski definition) is 2. The van der Waals surface area contributed by atoms with Gasteiger partial charge in [0.15, 0.2) is 0 Å². The van der Waals surface area contributed by atoms with Crippen molar-refractivity contribution in [3.8, 4) is 0 Å². The van der Waals surface area contributed by atoms with Crippen molar-refractivity contribution < 1.29 is 15.0 Å². The normalized spacial score (nSPS) is 14.4. The smallest absolute Gasteiger partial charge is 0.311 e. The van der Waals surface area contributed by atoms with E-state index in [1.54, 1.807) is 24.3 Å². The van der Waals surface area contributed by atoms with E-state index in [0.717, 1.165) is 0 Å². The predicted octanol–water partition coefficient (Wildman–Crippen LogP) is 2.67. The molecular formula is C12H15ClO3. The maximum absolute atomic E-state index is 11.1. The Morgan fingerprint density at radius 1 is 1.38 bits per heavy atom. The molecule has 4 heteroatoms. The molecule has 1 aromatic rings. The summed E-state index contributed by atoms with van der Waals surface area (Å²) >= 11 is 5.73. The summed E-state index contributed by atoms with van der Waals surface area (Å²) in [6, 6.07) is 6.68. The number of benzene rings is 1. The standard InChI is InChI=1S/C12H15ClO3/c1-2-10(14)7-11(12(15)16)8-3-5-9(13)6-4-8/h3-6,10-11,14H,2,7H2,1H3,(H,15,16). The number of carboxylic acids is 1. The minimum absolute atomic E-state index is 0.230. The largest absolute Gasteiger partial charge is 0.481 e. The Balaban J connectivity index is 2.85. The lowest BCUT2D eigenvalue weighted by molar-refractivity contribution is -0.139. The molecule has 3 nitrogen and oxygen atoms in total. The van der Waals surface area contributed by atoms with Crippen molar-refractivity contribution in [3.05, 3.63) is 34.9 Å². The molecule has 2 unspecified atom stereocenters. The first-order valence-corrected chi connectivity index (χ1v) is 5.58. The number of aliphatic carboxylic acids is 1. The summed E-state index contributed by atoms with van der Waals surface area (Å²) in [7, 11) is 0. The molecule has 1 rings (SSSR count). The van der Waals surface area contributed by atoms with E-state index >= 15 is 0 Å². The third kappa shape index (κ3) is 3.51. The molecule has 0 amide bonds. The fourth-order valence-electron chi connectivity index (χ4n) is 1.51. The number of rotatable bonds is 5. The van der Waals surface area contributed by atoms with Gasteiger partial charge in [0.1, 0.15) is 0 Å². The van der Waals surface area contributed by atoms with Gasteiger partial charge < -0.3 is 10.2 Å². The molecule has 2 atom stereocenters. The Morgan fingerprint density at radius 3 is 2.38 bits per heavy atom. The molecule has 16 heavy (non-hydrogen) atoms. The van der Waals surface area contributed by atoms with Crippen LogP contribution >= 0.6 is 11.6 Å². The van der Waals surface area contributed by atoms with Crippen LogP contribution in [-0.2, 0) is 4.79 Å². The van der Waals surface area contributed by atoms with Gasteiger partial charge in [-0.25, -0.2) is 0 Å². The van der Waals surface area contributed by atoms with Gasteiger partial charge >= 0.3 is 5.97 Å². The first-order chi connectivity index (χ1) is 7.54. The molecular weight excluding hydrogens is 228 g/mol. The van der Waals surface area contributed by atoms with E-state index in [2.05, 4.69) is 0 Å². The third-order valence-corrected chi connectivity index (χ3v) is 2.80. The molecule has 0 saturated heterocycles. The highest BCUT2D eigenvalue weighted by molar-refractivity contribution is 6.30. The molecule has 1 aromatic carbocycles. The lowest BCUT2D eigenvalue weighted by Gasteiger charge is -2.16. The number of aliphatic hydroxyl groups is 1. The predicted molar refractivity (Wildman–Crippen MR) is 62.7 cm³/mol. The lowest BCUT2D eigenvalue weighted by atomic mass is 9.92. The quantitative estimate of drug-likeness (QED) is 0.835. The Bertz CT molecular complexity index is 348. The fourth-order valence-corrected chi connectivity index (χ4v) is 1.64. The van der Waals surface area contributed by atoms with Crippen LogP contribution in [-0.4, -0.2) is 22.3 Å². The van der Waals surface area contributed by atoms with E-state index in [0.29, 0.717) is 17.0 Å². The number of hydrogen-bond acceptors (Lipinski definition) is 2. The summed E-state index contributed by atoms with van der Waals surface area (Å²) in [5.74, 6) is -1.60. The van der Waals surface area contributed by atoms with Crippen molar-refractivity contribution in [1.82, 2.24) is 0 Å². The summed E-state index contributed by atoms with van der Waals surface area (Å²) < 4.78 is 0.